The van der Waals surface area contributed by atoms with Crippen LogP contribution in [0.1, 0.15) is 37.7 Å². The minimum absolute atomic E-state index is 0.0539. The van der Waals surface area contributed by atoms with E-state index in [4.69, 9.17) is 0 Å². The van der Waals surface area contributed by atoms with Crippen LogP contribution in [-0.4, -0.2) is 13.7 Å². The van der Waals surface area contributed by atoms with E-state index in [2.05, 4.69) is 0 Å². The summed E-state index contributed by atoms with van der Waals surface area (Å²) >= 11 is -2.09. The van der Waals surface area contributed by atoms with E-state index in [1.807, 2.05) is 0 Å². The van der Waals surface area contributed by atoms with Crippen LogP contribution in [0.4, 0.5) is 5.69 Å². The minimum Gasteiger partial charge on any atom is -0.305 e. The molecule has 0 heterocycles. The highest BCUT2D eigenvalue weighted by Gasteiger charge is 2.43. The molecule has 1 aliphatic carbocycles. The van der Waals surface area contributed by atoms with Crippen LogP contribution in [0.5, 0.6) is 0 Å². The maximum atomic E-state index is 11.7. The van der Waals surface area contributed by atoms with Gasteiger partial charge in [0, 0.05) is 6.07 Å². The van der Waals surface area contributed by atoms with Gasteiger partial charge >= 0.3 is 0 Å². The van der Waals surface area contributed by atoms with Crippen molar-refractivity contribution in [1.29, 1.82) is 0 Å². The van der Waals surface area contributed by atoms with Gasteiger partial charge in [0.05, 0.1) is 10.5 Å². The normalized spacial score (nSPS) is 20.3. The zero-order valence-electron chi connectivity index (χ0n) is 9.87. The van der Waals surface area contributed by atoms with Gasteiger partial charge in [0.25, 0.3) is 5.69 Å². The van der Waals surface area contributed by atoms with Gasteiger partial charge in [-0.15, -0.1) is 0 Å². The Kier molecular flexibility index (Phi) is 3.77. The molecule has 1 N–H and O–H groups in total. The van der Waals surface area contributed by atoms with Crippen LogP contribution in [0.15, 0.2) is 24.3 Å². The van der Waals surface area contributed by atoms with Crippen LogP contribution >= 0.6 is 0 Å². The van der Waals surface area contributed by atoms with Crippen LogP contribution in [-0.2, 0) is 15.8 Å². The van der Waals surface area contributed by atoms with Crippen LogP contribution in [0, 0.1) is 10.1 Å². The Morgan fingerprint density at radius 3 is 2.39 bits per heavy atom. The summed E-state index contributed by atoms with van der Waals surface area (Å²) < 4.78 is 20.4. The molecule has 2 rings (SSSR count). The molecule has 1 atom stereocenters. The highest BCUT2D eigenvalue weighted by atomic mass is 32.2. The third-order valence-corrected chi connectivity index (χ3v) is 4.88. The Morgan fingerprint density at radius 2 is 1.83 bits per heavy atom. The molecule has 1 fully saturated rings. The Labute approximate surface area is 108 Å². The van der Waals surface area contributed by atoms with Crippen LogP contribution < -0.4 is 0 Å². The predicted molar refractivity (Wildman–Crippen MR) is 68.6 cm³/mol. The van der Waals surface area contributed by atoms with Crippen molar-refractivity contribution in [3.05, 3.63) is 39.9 Å². The van der Waals surface area contributed by atoms with Crippen LogP contribution in [0.2, 0.25) is 0 Å². The minimum atomic E-state index is -2.09. The number of nitro groups is 1. The van der Waals surface area contributed by atoms with Gasteiger partial charge in [0.15, 0.2) is 11.1 Å². The molecular formula is C12H15NO4S. The molecule has 6 heteroatoms. The van der Waals surface area contributed by atoms with Crippen molar-refractivity contribution < 1.29 is 13.7 Å². The summed E-state index contributed by atoms with van der Waals surface area (Å²) in [4.78, 5) is 10.6. The summed E-state index contributed by atoms with van der Waals surface area (Å²) in [6.07, 6.45) is 3.73. The molecule has 1 aromatic rings. The first kappa shape index (κ1) is 13.2. The van der Waals surface area contributed by atoms with Crippen molar-refractivity contribution in [2.75, 3.05) is 0 Å². The number of para-hydroxylation sites is 1. The van der Waals surface area contributed by atoms with Crippen LogP contribution in [0.3, 0.4) is 0 Å². The number of hydrogen-bond acceptors (Lipinski definition) is 3. The lowest BCUT2D eigenvalue weighted by Crippen LogP contribution is -2.34. The Morgan fingerprint density at radius 1 is 1.22 bits per heavy atom. The van der Waals surface area contributed by atoms with E-state index in [9.17, 15) is 18.9 Å². The highest BCUT2D eigenvalue weighted by molar-refractivity contribution is 7.80. The fourth-order valence-corrected chi connectivity index (χ4v) is 3.68. The lowest BCUT2D eigenvalue weighted by Gasteiger charge is -2.33. The molecule has 0 aromatic heterocycles. The number of rotatable bonds is 3. The van der Waals surface area contributed by atoms with Crippen molar-refractivity contribution >= 4 is 16.8 Å². The van der Waals surface area contributed by atoms with Gasteiger partial charge in [0.1, 0.15) is 4.75 Å². The fourth-order valence-electron chi connectivity index (χ4n) is 2.68. The second kappa shape index (κ2) is 5.16. The van der Waals surface area contributed by atoms with E-state index >= 15 is 0 Å². The van der Waals surface area contributed by atoms with E-state index in [1.165, 1.54) is 6.07 Å². The van der Waals surface area contributed by atoms with Crippen molar-refractivity contribution in [3.63, 3.8) is 0 Å². The molecule has 98 valence electrons. The molecule has 0 amide bonds. The summed E-state index contributed by atoms with van der Waals surface area (Å²) in [5, 5.41) is 11.1. The number of nitro benzene ring substituents is 1. The molecule has 1 saturated carbocycles. The van der Waals surface area contributed by atoms with E-state index in [1.54, 1.807) is 18.2 Å². The molecule has 0 saturated heterocycles. The maximum Gasteiger partial charge on any atom is 0.274 e. The van der Waals surface area contributed by atoms with Gasteiger partial charge in [-0.25, -0.2) is 4.21 Å². The van der Waals surface area contributed by atoms with Gasteiger partial charge in [-0.1, -0.05) is 37.5 Å². The van der Waals surface area contributed by atoms with Crippen molar-refractivity contribution in [2.45, 2.75) is 36.9 Å². The first-order valence-corrected chi connectivity index (χ1v) is 7.03. The van der Waals surface area contributed by atoms with Gasteiger partial charge in [0.2, 0.25) is 0 Å². The molecule has 0 bridgehead atoms. The van der Waals surface area contributed by atoms with Crippen molar-refractivity contribution in [2.24, 2.45) is 0 Å². The molecule has 1 aromatic carbocycles. The second-order valence-corrected chi connectivity index (χ2v) is 5.86. The first-order valence-electron chi connectivity index (χ1n) is 5.93. The molecule has 0 spiro atoms. The van der Waals surface area contributed by atoms with Gasteiger partial charge in [-0.2, -0.15) is 0 Å². The molecule has 1 unspecified atom stereocenters. The first-order chi connectivity index (χ1) is 8.58. The lowest BCUT2D eigenvalue weighted by molar-refractivity contribution is -0.385. The number of benzene rings is 1. The quantitative estimate of drug-likeness (QED) is 0.519. The third kappa shape index (κ3) is 2.18. The SMILES string of the molecule is O=[N+]([O-])c1ccccc1C1(S(=O)O)CCCCC1. The third-order valence-electron chi connectivity index (χ3n) is 3.59. The van der Waals surface area contributed by atoms with Crippen LogP contribution in [0.25, 0.3) is 0 Å². The standard InChI is InChI=1S/C12H15NO4S/c14-13(15)11-7-3-2-6-10(11)12(18(16)17)8-4-1-5-9-12/h2-3,6-7H,1,4-5,8-9H2,(H,16,17). The van der Waals surface area contributed by atoms with Crippen molar-refractivity contribution in [3.8, 4) is 0 Å². The molecule has 0 radical (unpaired) electrons. The fraction of sp³-hybridized carbons (Fsp3) is 0.500. The van der Waals surface area contributed by atoms with E-state index < -0.39 is 20.8 Å². The maximum absolute atomic E-state index is 11.7. The summed E-state index contributed by atoms with van der Waals surface area (Å²) in [5.41, 5.74) is 0.345. The van der Waals surface area contributed by atoms with Gasteiger partial charge < -0.3 is 4.55 Å². The highest BCUT2D eigenvalue weighted by Crippen LogP contribution is 2.44. The molecular weight excluding hydrogens is 254 g/mol. The smallest absolute Gasteiger partial charge is 0.274 e. The monoisotopic (exact) mass is 269 g/mol. The predicted octanol–water partition coefficient (Wildman–Crippen LogP) is 2.98. The summed E-state index contributed by atoms with van der Waals surface area (Å²) in [5.74, 6) is 0. The zero-order chi connectivity index (χ0) is 13.2. The van der Waals surface area contributed by atoms with Crippen molar-refractivity contribution in [1.82, 2.24) is 0 Å². The number of nitrogens with zero attached hydrogens (tertiary/aromatic N) is 1. The average molecular weight is 269 g/mol. The van der Waals surface area contributed by atoms with Gasteiger partial charge in [-0.3, -0.25) is 10.1 Å². The Hall–Kier alpha value is -1.27. The molecule has 5 nitrogen and oxygen atoms in total. The number of hydrogen-bond donors (Lipinski definition) is 1. The Bertz CT molecular complexity index is 483. The Balaban J connectivity index is 2.55. The van der Waals surface area contributed by atoms with E-state index in [0.717, 1.165) is 19.3 Å². The summed E-state index contributed by atoms with van der Waals surface area (Å²) in [6, 6.07) is 6.28. The zero-order valence-corrected chi connectivity index (χ0v) is 10.7. The summed E-state index contributed by atoms with van der Waals surface area (Å²) in [7, 11) is 0. The van der Waals surface area contributed by atoms with E-state index in [0.29, 0.717) is 18.4 Å². The lowest BCUT2D eigenvalue weighted by atomic mass is 9.82. The average Bonchev–Trinajstić information content (AvgIpc) is 2.39. The largest absolute Gasteiger partial charge is 0.305 e. The van der Waals surface area contributed by atoms with E-state index in [-0.39, 0.29) is 5.69 Å². The molecule has 1 aliphatic rings. The summed E-state index contributed by atoms with van der Waals surface area (Å²) in [6.45, 7) is 0. The molecule has 18 heavy (non-hydrogen) atoms. The topological polar surface area (TPSA) is 80.4 Å². The second-order valence-electron chi connectivity index (χ2n) is 4.58. The van der Waals surface area contributed by atoms with Gasteiger partial charge in [-0.05, 0) is 12.8 Å². The molecule has 0 aliphatic heterocycles.